The van der Waals surface area contributed by atoms with E-state index in [0.717, 1.165) is 17.3 Å². The fourth-order valence-electron chi connectivity index (χ4n) is 1.95. The minimum atomic E-state index is -0.227. The number of nitrogens with zero attached hydrogens (tertiary/aromatic N) is 2. The minimum absolute atomic E-state index is 0. The van der Waals surface area contributed by atoms with Crippen molar-refractivity contribution in [3.05, 3.63) is 59.8 Å². The van der Waals surface area contributed by atoms with Gasteiger partial charge in [-0.1, -0.05) is 12.1 Å². The van der Waals surface area contributed by atoms with Gasteiger partial charge in [-0.15, -0.1) is 24.0 Å². The van der Waals surface area contributed by atoms with E-state index in [4.69, 9.17) is 4.42 Å². The second-order valence-electron chi connectivity index (χ2n) is 4.47. The monoisotopic (exact) mass is 403 g/mol. The summed E-state index contributed by atoms with van der Waals surface area (Å²) in [7, 11) is 3.62. The molecular formula is C15H19FIN3O. The van der Waals surface area contributed by atoms with Crippen molar-refractivity contribution in [1.29, 1.82) is 0 Å². The Morgan fingerprint density at radius 2 is 2.14 bits per heavy atom. The molecule has 0 radical (unpaired) electrons. The number of halogens is 2. The number of furan rings is 1. The SMILES string of the molecule is CN=C(NCc1ccco1)N(C)Cc1cccc(F)c1.I. The molecule has 0 aliphatic heterocycles. The second-order valence-corrected chi connectivity index (χ2v) is 4.47. The summed E-state index contributed by atoms with van der Waals surface area (Å²) in [6, 6.07) is 10.3. The normalized spacial score (nSPS) is 10.9. The Balaban J connectivity index is 0.00000220. The molecule has 0 bridgehead atoms. The maximum atomic E-state index is 13.2. The maximum Gasteiger partial charge on any atom is 0.194 e. The van der Waals surface area contributed by atoms with Crippen LogP contribution in [0.15, 0.2) is 52.1 Å². The largest absolute Gasteiger partial charge is 0.467 e. The summed E-state index contributed by atoms with van der Waals surface area (Å²) < 4.78 is 18.4. The van der Waals surface area contributed by atoms with Crippen LogP contribution in [0.1, 0.15) is 11.3 Å². The van der Waals surface area contributed by atoms with E-state index in [1.807, 2.05) is 30.1 Å². The van der Waals surface area contributed by atoms with Gasteiger partial charge >= 0.3 is 0 Å². The lowest BCUT2D eigenvalue weighted by Crippen LogP contribution is -2.37. The number of guanidine groups is 1. The van der Waals surface area contributed by atoms with E-state index in [9.17, 15) is 4.39 Å². The van der Waals surface area contributed by atoms with Crippen molar-refractivity contribution in [3.63, 3.8) is 0 Å². The van der Waals surface area contributed by atoms with Crippen molar-refractivity contribution in [2.24, 2.45) is 4.99 Å². The smallest absolute Gasteiger partial charge is 0.194 e. The molecule has 0 aliphatic rings. The average molecular weight is 403 g/mol. The first kappa shape index (κ1) is 17.5. The molecule has 114 valence electrons. The van der Waals surface area contributed by atoms with Crippen molar-refractivity contribution in [2.75, 3.05) is 14.1 Å². The van der Waals surface area contributed by atoms with Crippen molar-refractivity contribution in [3.8, 4) is 0 Å². The molecule has 1 aromatic heterocycles. The van der Waals surface area contributed by atoms with E-state index < -0.39 is 0 Å². The van der Waals surface area contributed by atoms with Crippen LogP contribution in [0.4, 0.5) is 4.39 Å². The van der Waals surface area contributed by atoms with Crippen molar-refractivity contribution in [2.45, 2.75) is 13.1 Å². The Hall–Kier alpha value is -1.57. The van der Waals surface area contributed by atoms with Gasteiger partial charge < -0.3 is 14.6 Å². The molecule has 1 heterocycles. The zero-order valence-corrected chi connectivity index (χ0v) is 14.4. The molecule has 0 amide bonds. The Bertz CT molecular complexity index is 572. The molecule has 1 aromatic carbocycles. The highest BCUT2D eigenvalue weighted by atomic mass is 127. The summed E-state index contributed by atoms with van der Waals surface area (Å²) >= 11 is 0. The van der Waals surface area contributed by atoms with Gasteiger partial charge in [0.15, 0.2) is 5.96 Å². The molecule has 0 aliphatic carbocycles. The van der Waals surface area contributed by atoms with Crippen molar-refractivity contribution >= 4 is 29.9 Å². The van der Waals surface area contributed by atoms with E-state index in [0.29, 0.717) is 13.1 Å². The van der Waals surface area contributed by atoms with Gasteiger partial charge in [0.05, 0.1) is 12.8 Å². The summed E-state index contributed by atoms with van der Waals surface area (Å²) in [5, 5.41) is 3.19. The fourth-order valence-corrected chi connectivity index (χ4v) is 1.95. The van der Waals surface area contributed by atoms with E-state index in [2.05, 4.69) is 10.3 Å². The van der Waals surface area contributed by atoms with Crippen LogP contribution >= 0.6 is 24.0 Å². The predicted octanol–water partition coefficient (Wildman–Crippen LogP) is 3.24. The summed E-state index contributed by atoms with van der Waals surface area (Å²) in [6.07, 6.45) is 1.64. The van der Waals surface area contributed by atoms with Crippen LogP contribution in [-0.4, -0.2) is 25.0 Å². The number of hydrogen-bond acceptors (Lipinski definition) is 2. The third kappa shape index (κ3) is 5.37. The topological polar surface area (TPSA) is 40.8 Å². The first-order valence-corrected chi connectivity index (χ1v) is 6.37. The summed E-state index contributed by atoms with van der Waals surface area (Å²) in [5.74, 6) is 1.34. The molecule has 0 unspecified atom stereocenters. The van der Waals surface area contributed by atoms with Crippen molar-refractivity contribution < 1.29 is 8.81 Å². The predicted molar refractivity (Wildman–Crippen MR) is 92.2 cm³/mol. The molecule has 2 rings (SSSR count). The quantitative estimate of drug-likeness (QED) is 0.484. The molecule has 0 spiro atoms. The molecule has 0 fully saturated rings. The number of rotatable bonds is 4. The van der Waals surface area contributed by atoms with Gasteiger partial charge in [0, 0.05) is 20.6 Å². The number of benzene rings is 1. The zero-order chi connectivity index (χ0) is 14.4. The van der Waals surface area contributed by atoms with Gasteiger partial charge in [-0.2, -0.15) is 0 Å². The maximum absolute atomic E-state index is 13.2. The molecule has 4 nitrogen and oxygen atoms in total. The van der Waals surface area contributed by atoms with Gasteiger partial charge in [-0.05, 0) is 29.8 Å². The van der Waals surface area contributed by atoms with Crippen LogP contribution in [0.25, 0.3) is 0 Å². The van der Waals surface area contributed by atoms with Crippen LogP contribution < -0.4 is 5.32 Å². The first-order valence-electron chi connectivity index (χ1n) is 6.37. The van der Waals surface area contributed by atoms with Crippen LogP contribution in [0.2, 0.25) is 0 Å². The lowest BCUT2D eigenvalue weighted by atomic mass is 10.2. The molecule has 21 heavy (non-hydrogen) atoms. The Morgan fingerprint density at radius 3 is 2.76 bits per heavy atom. The molecule has 0 atom stereocenters. The highest BCUT2D eigenvalue weighted by Crippen LogP contribution is 2.07. The van der Waals surface area contributed by atoms with Crippen molar-refractivity contribution in [1.82, 2.24) is 10.2 Å². The van der Waals surface area contributed by atoms with E-state index >= 15 is 0 Å². The van der Waals surface area contributed by atoms with Gasteiger partial charge in [0.25, 0.3) is 0 Å². The third-order valence-corrected chi connectivity index (χ3v) is 2.88. The average Bonchev–Trinajstić information content (AvgIpc) is 2.92. The van der Waals surface area contributed by atoms with E-state index in [-0.39, 0.29) is 29.8 Å². The second kappa shape index (κ2) is 8.66. The Kier molecular flexibility index (Phi) is 7.21. The number of aliphatic imine (C=N–C) groups is 1. The lowest BCUT2D eigenvalue weighted by molar-refractivity contribution is 0.458. The summed E-state index contributed by atoms with van der Waals surface area (Å²) in [5.41, 5.74) is 0.897. The zero-order valence-electron chi connectivity index (χ0n) is 12.0. The molecule has 0 saturated carbocycles. The molecule has 6 heteroatoms. The Labute approximate surface area is 141 Å². The molecule has 0 saturated heterocycles. The molecule has 2 aromatic rings. The van der Waals surface area contributed by atoms with Gasteiger partial charge in [0.1, 0.15) is 11.6 Å². The lowest BCUT2D eigenvalue weighted by Gasteiger charge is -2.21. The van der Waals surface area contributed by atoms with Gasteiger partial charge in [-0.3, -0.25) is 4.99 Å². The van der Waals surface area contributed by atoms with Gasteiger partial charge in [0.2, 0.25) is 0 Å². The van der Waals surface area contributed by atoms with Crippen LogP contribution in [-0.2, 0) is 13.1 Å². The minimum Gasteiger partial charge on any atom is -0.467 e. The van der Waals surface area contributed by atoms with Crippen LogP contribution in [0.3, 0.4) is 0 Å². The van der Waals surface area contributed by atoms with Gasteiger partial charge in [-0.25, -0.2) is 4.39 Å². The Morgan fingerprint density at radius 1 is 1.33 bits per heavy atom. The highest BCUT2D eigenvalue weighted by molar-refractivity contribution is 14.0. The standard InChI is InChI=1S/C15H18FN3O.HI/c1-17-15(18-10-14-7-4-8-20-14)19(2)11-12-5-3-6-13(16)9-12;/h3-9H,10-11H2,1-2H3,(H,17,18);1H. The van der Waals surface area contributed by atoms with Crippen LogP contribution in [0, 0.1) is 5.82 Å². The highest BCUT2D eigenvalue weighted by Gasteiger charge is 2.07. The third-order valence-electron chi connectivity index (χ3n) is 2.88. The van der Waals surface area contributed by atoms with E-state index in [1.165, 1.54) is 12.1 Å². The van der Waals surface area contributed by atoms with Crippen LogP contribution in [0.5, 0.6) is 0 Å². The van der Waals surface area contributed by atoms with E-state index in [1.54, 1.807) is 19.4 Å². The summed E-state index contributed by atoms with van der Waals surface area (Å²) in [4.78, 5) is 6.13. The molecule has 1 N–H and O–H groups in total. The fraction of sp³-hybridized carbons (Fsp3) is 0.267. The number of nitrogens with one attached hydrogen (secondary N) is 1. The molecular weight excluding hydrogens is 384 g/mol. The number of hydrogen-bond donors (Lipinski definition) is 1. The first-order chi connectivity index (χ1) is 9.69. The summed E-state index contributed by atoms with van der Waals surface area (Å²) in [6.45, 7) is 1.14.